The predicted molar refractivity (Wildman–Crippen MR) is 227 cm³/mol. The van der Waals surface area contributed by atoms with E-state index < -0.39 is 0 Å². The van der Waals surface area contributed by atoms with Crippen molar-refractivity contribution in [1.82, 2.24) is 30.4 Å². The zero-order valence-electron chi connectivity index (χ0n) is 34.3. The molecule has 2 aromatic carbocycles. The number of pyridine rings is 2. The number of anilines is 2. The molecule has 2 amide bonds. The first-order chi connectivity index (χ1) is 26.0. The van der Waals surface area contributed by atoms with Gasteiger partial charge in [0.2, 0.25) is 0 Å². The Labute approximate surface area is 324 Å². The third-order valence-corrected chi connectivity index (χ3v) is 10.4. The van der Waals surface area contributed by atoms with Crippen LogP contribution in [-0.4, -0.2) is 96.0 Å². The van der Waals surface area contributed by atoms with Crippen molar-refractivity contribution >= 4 is 45.0 Å². The summed E-state index contributed by atoms with van der Waals surface area (Å²) in [5.41, 5.74) is 6.90. The van der Waals surface area contributed by atoms with E-state index in [2.05, 4.69) is 84.7 Å². The van der Waals surface area contributed by atoms with Crippen molar-refractivity contribution in [1.29, 1.82) is 0 Å². The van der Waals surface area contributed by atoms with Gasteiger partial charge in [0.05, 0.1) is 11.0 Å². The second kappa shape index (κ2) is 21.6. The highest BCUT2D eigenvalue weighted by Crippen LogP contribution is 2.27. The number of rotatable bonds is 23. The third-order valence-electron chi connectivity index (χ3n) is 10.4. The minimum Gasteiger partial charge on any atom is -0.382 e. The number of aryl methyl sites for hydroxylation is 2. The fraction of sp³-hybridized carbons (Fsp3) is 0.545. The molecule has 0 spiro atoms. The van der Waals surface area contributed by atoms with Crippen molar-refractivity contribution in [2.75, 3.05) is 63.0 Å². The molecule has 4 N–H and O–H groups in total. The minimum atomic E-state index is -0.109. The number of nitrogens with one attached hydrogen (secondary N) is 4. The second-order valence-corrected chi connectivity index (χ2v) is 14.7. The van der Waals surface area contributed by atoms with Crippen LogP contribution in [0.25, 0.3) is 21.8 Å². The van der Waals surface area contributed by atoms with Crippen LogP contribution in [-0.2, 0) is 0 Å². The number of benzene rings is 2. The van der Waals surface area contributed by atoms with Gasteiger partial charge in [-0.15, -0.1) is 0 Å². The van der Waals surface area contributed by atoms with Gasteiger partial charge in [-0.2, -0.15) is 0 Å². The van der Waals surface area contributed by atoms with Gasteiger partial charge in [-0.3, -0.25) is 19.6 Å². The molecule has 0 saturated heterocycles. The van der Waals surface area contributed by atoms with Crippen LogP contribution in [0.2, 0.25) is 0 Å². The molecule has 294 valence electrons. The van der Waals surface area contributed by atoms with Gasteiger partial charge in [0.15, 0.2) is 0 Å². The lowest BCUT2D eigenvalue weighted by molar-refractivity contribution is 0.0939. The zero-order valence-corrected chi connectivity index (χ0v) is 34.3. The van der Waals surface area contributed by atoms with E-state index in [1.807, 2.05) is 50.2 Å². The topological polar surface area (TPSA) is 115 Å². The van der Waals surface area contributed by atoms with E-state index in [4.69, 9.17) is 9.97 Å². The van der Waals surface area contributed by atoms with E-state index >= 15 is 0 Å². The average Bonchev–Trinajstić information content (AvgIpc) is 3.15. The molecule has 0 aliphatic rings. The monoisotopic (exact) mass is 739 g/mol. The molecular weight excluding hydrogens is 673 g/mol. The molecule has 10 heteroatoms. The fourth-order valence-electron chi connectivity index (χ4n) is 7.09. The van der Waals surface area contributed by atoms with Gasteiger partial charge in [-0.05, 0) is 154 Å². The minimum absolute atomic E-state index is 0.109. The Bertz CT molecular complexity index is 1670. The van der Waals surface area contributed by atoms with Crippen molar-refractivity contribution in [2.45, 2.75) is 106 Å². The van der Waals surface area contributed by atoms with Crippen LogP contribution < -0.4 is 21.3 Å². The first-order valence-electron chi connectivity index (χ1n) is 20.4. The first-order valence-corrected chi connectivity index (χ1v) is 20.4. The van der Waals surface area contributed by atoms with Crippen LogP contribution in [0, 0.1) is 13.8 Å². The lowest BCUT2D eigenvalue weighted by Gasteiger charge is -2.21. The summed E-state index contributed by atoms with van der Waals surface area (Å²) in [6.07, 6.45) is 5.89. The molecule has 0 aliphatic carbocycles. The van der Waals surface area contributed by atoms with Crippen molar-refractivity contribution in [3.8, 4) is 0 Å². The molecule has 0 aliphatic heterocycles. The van der Waals surface area contributed by atoms with Gasteiger partial charge in [-0.1, -0.05) is 27.7 Å². The molecule has 2 aromatic heterocycles. The summed E-state index contributed by atoms with van der Waals surface area (Å²) in [5.74, 6) is -0.218. The Morgan fingerprint density at radius 2 is 0.981 bits per heavy atom. The number of carbonyl (C=O) groups excluding carboxylic acids is 2. The summed E-state index contributed by atoms with van der Waals surface area (Å²) < 4.78 is 0. The van der Waals surface area contributed by atoms with E-state index in [0.717, 1.165) is 122 Å². The Balaban J connectivity index is 1.26. The molecule has 4 rings (SSSR count). The van der Waals surface area contributed by atoms with Crippen LogP contribution >= 0.6 is 0 Å². The molecule has 10 nitrogen and oxygen atoms in total. The summed E-state index contributed by atoms with van der Waals surface area (Å²) in [7, 11) is 0. The number of hydrogen-bond donors (Lipinski definition) is 4. The van der Waals surface area contributed by atoms with Crippen molar-refractivity contribution in [2.24, 2.45) is 0 Å². The summed E-state index contributed by atoms with van der Waals surface area (Å²) in [6.45, 7) is 24.8. The van der Waals surface area contributed by atoms with Crippen LogP contribution in [0.5, 0.6) is 0 Å². The van der Waals surface area contributed by atoms with E-state index in [0.29, 0.717) is 36.3 Å². The number of carbonyl (C=O) groups is 2. The third kappa shape index (κ3) is 12.7. The Morgan fingerprint density at radius 1 is 0.593 bits per heavy atom. The Hall–Kier alpha value is -4.28. The summed E-state index contributed by atoms with van der Waals surface area (Å²) in [4.78, 5) is 40.7. The lowest BCUT2D eigenvalue weighted by Crippen LogP contribution is -2.27. The molecule has 2 heterocycles. The molecule has 0 fully saturated rings. The van der Waals surface area contributed by atoms with Gasteiger partial charge in [0.25, 0.3) is 11.8 Å². The van der Waals surface area contributed by atoms with E-state index in [9.17, 15) is 9.59 Å². The molecule has 0 bridgehead atoms. The van der Waals surface area contributed by atoms with Crippen molar-refractivity contribution in [3.63, 3.8) is 0 Å². The van der Waals surface area contributed by atoms with Crippen molar-refractivity contribution in [3.05, 3.63) is 71.0 Å². The normalized spacial score (nSPS) is 12.7. The van der Waals surface area contributed by atoms with Gasteiger partial charge >= 0.3 is 0 Å². The van der Waals surface area contributed by atoms with Gasteiger partial charge in [0, 0.05) is 69.8 Å². The molecule has 4 aromatic rings. The quantitative estimate of drug-likeness (QED) is 0.0564. The maximum absolute atomic E-state index is 13.2. The number of hydrogen-bond acceptors (Lipinski definition) is 8. The maximum Gasteiger partial charge on any atom is 0.251 e. The number of amides is 2. The molecule has 2 unspecified atom stereocenters. The zero-order chi connectivity index (χ0) is 39.0. The second-order valence-electron chi connectivity index (χ2n) is 14.7. The van der Waals surface area contributed by atoms with E-state index in [1.54, 1.807) is 0 Å². The fourth-order valence-corrected chi connectivity index (χ4v) is 7.09. The van der Waals surface area contributed by atoms with Crippen molar-refractivity contribution < 1.29 is 9.59 Å². The smallest absolute Gasteiger partial charge is 0.251 e. The van der Waals surface area contributed by atoms with Crippen LogP contribution in [0.1, 0.15) is 112 Å². The highest BCUT2D eigenvalue weighted by atomic mass is 16.2. The number of fused-ring (bicyclic) bond motifs is 2. The molecular formula is C44H66N8O2. The van der Waals surface area contributed by atoms with E-state index in [-0.39, 0.29) is 11.8 Å². The molecule has 54 heavy (non-hydrogen) atoms. The summed E-state index contributed by atoms with van der Waals surface area (Å²) in [5, 5.41) is 15.4. The number of aromatic nitrogens is 2. The van der Waals surface area contributed by atoms with Crippen LogP contribution in [0.15, 0.2) is 48.5 Å². The summed E-state index contributed by atoms with van der Waals surface area (Å²) in [6, 6.07) is 16.2. The van der Waals surface area contributed by atoms with Gasteiger partial charge in [-0.25, -0.2) is 0 Å². The Kier molecular flexibility index (Phi) is 17.0. The first kappa shape index (κ1) is 42.5. The van der Waals surface area contributed by atoms with Crippen LogP contribution in [0.4, 0.5) is 11.4 Å². The summed E-state index contributed by atoms with van der Waals surface area (Å²) >= 11 is 0. The Morgan fingerprint density at radius 3 is 1.35 bits per heavy atom. The molecule has 0 saturated carbocycles. The standard InChI is InChI=1S/C44H66N8O2/c1-9-51(10-2)25-15-17-31(5)47-41-27-33(7)49-39-21-19-35(29-37(39)41)43(53)45-23-13-14-24-46-44(54)36-20-22-40-38(30-36)42(28-34(8)50-40)48-32(6)18-16-26-52(11-3)12-4/h19-22,27-32H,9-18,23-26H2,1-8H3,(H,45,53)(H,46,54)(H,47,49)(H,48,50). The van der Waals surface area contributed by atoms with E-state index in [1.165, 1.54) is 0 Å². The number of unbranched alkanes of at least 4 members (excludes halogenated alkanes) is 1. The molecule has 0 radical (unpaired) electrons. The lowest BCUT2D eigenvalue weighted by atomic mass is 10.1. The number of nitrogens with zero attached hydrogens (tertiary/aromatic N) is 4. The van der Waals surface area contributed by atoms with Crippen LogP contribution in [0.3, 0.4) is 0 Å². The SMILES string of the molecule is CCN(CC)CCCC(C)Nc1cc(C)nc2ccc(C(=O)NCCCCNC(=O)c3ccc4nc(C)cc(NC(C)CCCN(CC)CC)c4c3)cc12. The predicted octanol–water partition coefficient (Wildman–Crippen LogP) is 8.18. The maximum atomic E-state index is 13.2. The largest absolute Gasteiger partial charge is 0.382 e. The highest BCUT2D eigenvalue weighted by molar-refractivity contribution is 6.02. The molecule has 2 atom stereocenters. The van der Waals surface area contributed by atoms with Gasteiger partial charge < -0.3 is 31.1 Å². The van der Waals surface area contributed by atoms with Gasteiger partial charge in [0.1, 0.15) is 0 Å². The average molecular weight is 739 g/mol. The highest BCUT2D eigenvalue weighted by Gasteiger charge is 2.14.